The molecule has 1 heterocycles. The summed E-state index contributed by atoms with van der Waals surface area (Å²) in [6, 6.07) is -0.0185. The van der Waals surface area contributed by atoms with Gasteiger partial charge in [-0.3, -0.25) is 4.68 Å². The standard InChI is InChI=1S/C8H14N4/c1-5(9)8-10-7(6-3-4-6)11-12(8)2/h5-6H,3-4,9H2,1-2H3. The molecule has 0 bridgehead atoms. The van der Waals surface area contributed by atoms with E-state index in [1.54, 1.807) is 4.68 Å². The second-order valence-electron chi connectivity index (χ2n) is 3.51. The molecule has 1 aromatic heterocycles. The fraction of sp³-hybridized carbons (Fsp3) is 0.750. The van der Waals surface area contributed by atoms with Gasteiger partial charge in [0.15, 0.2) is 5.82 Å². The molecule has 0 aliphatic heterocycles. The molecule has 1 saturated carbocycles. The summed E-state index contributed by atoms with van der Waals surface area (Å²) in [4.78, 5) is 4.40. The van der Waals surface area contributed by atoms with Crippen molar-refractivity contribution < 1.29 is 0 Å². The van der Waals surface area contributed by atoms with Gasteiger partial charge in [-0.2, -0.15) is 5.10 Å². The fourth-order valence-corrected chi connectivity index (χ4v) is 1.33. The second kappa shape index (κ2) is 2.55. The molecule has 2 rings (SSSR count). The molecule has 1 unspecified atom stereocenters. The van der Waals surface area contributed by atoms with E-state index in [2.05, 4.69) is 10.1 Å². The maximum absolute atomic E-state index is 5.73. The van der Waals surface area contributed by atoms with Gasteiger partial charge in [0, 0.05) is 13.0 Å². The molecule has 2 N–H and O–H groups in total. The summed E-state index contributed by atoms with van der Waals surface area (Å²) in [7, 11) is 1.90. The quantitative estimate of drug-likeness (QED) is 0.704. The van der Waals surface area contributed by atoms with E-state index in [9.17, 15) is 0 Å². The van der Waals surface area contributed by atoms with Crippen molar-refractivity contribution in [3.8, 4) is 0 Å². The third-order valence-electron chi connectivity index (χ3n) is 2.16. The molecular weight excluding hydrogens is 152 g/mol. The maximum atomic E-state index is 5.73. The third kappa shape index (κ3) is 1.22. The van der Waals surface area contributed by atoms with Crippen molar-refractivity contribution in [2.45, 2.75) is 31.7 Å². The maximum Gasteiger partial charge on any atom is 0.154 e. The average molecular weight is 166 g/mol. The van der Waals surface area contributed by atoms with Crippen LogP contribution < -0.4 is 5.73 Å². The van der Waals surface area contributed by atoms with E-state index in [4.69, 9.17) is 5.73 Å². The Hall–Kier alpha value is -0.900. The lowest BCUT2D eigenvalue weighted by molar-refractivity contribution is 0.637. The first kappa shape index (κ1) is 7.73. The summed E-state index contributed by atoms with van der Waals surface area (Å²) >= 11 is 0. The molecule has 66 valence electrons. The summed E-state index contributed by atoms with van der Waals surface area (Å²) in [5.74, 6) is 2.48. The van der Waals surface area contributed by atoms with Crippen molar-refractivity contribution in [2.75, 3.05) is 0 Å². The molecular formula is C8H14N4. The Labute approximate surface area is 71.8 Å². The zero-order valence-corrected chi connectivity index (χ0v) is 7.49. The predicted octanol–water partition coefficient (Wildman–Crippen LogP) is 0.712. The molecule has 1 atom stereocenters. The van der Waals surface area contributed by atoms with Gasteiger partial charge in [0.2, 0.25) is 0 Å². The SMILES string of the molecule is CC(N)c1nc(C2CC2)nn1C. The molecule has 1 aliphatic carbocycles. The van der Waals surface area contributed by atoms with Gasteiger partial charge < -0.3 is 5.73 Å². The Morgan fingerprint density at radius 2 is 2.25 bits per heavy atom. The Kier molecular flexibility index (Phi) is 1.65. The lowest BCUT2D eigenvalue weighted by Crippen LogP contribution is -2.11. The van der Waals surface area contributed by atoms with E-state index >= 15 is 0 Å². The highest BCUT2D eigenvalue weighted by molar-refractivity contribution is 5.07. The Bertz CT molecular complexity index is 285. The minimum Gasteiger partial charge on any atom is -0.322 e. The highest BCUT2D eigenvalue weighted by Crippen LogP contribution is 2.38. The van der Waals surface area contributed by atoms with E-state index in [0.29, 0.717) is 5.92 Å². The van der Waals surface area contributed by atoms with Gasteiger partial charge in [0.25, 0.3) is 0 Å². The summed E-state index contributed by atoms with van der Waals surface area (Å²) in [6.07, 6.45) is 2.48. The summed E-state index contributed by atoms with van der Waals surface area (Å²) in [6.45, 7) is 1.93. The van der Waals surface area contributed by atoms with Crippen molar-refractivity contribution in [3.63, 3.8) is 0 Å². The van der Waals surface area contributed by atoms with Gasteiger partial charge in [-0.1, -0.05) is 0 Å². The van der Waals surface area contributed by atoms with Gasteiger partial charge in [-0.25, -0.2) is 4.98 Å². The van der Waals surface area contributed by atoms with Crippen LogP contribution in [0.1, 0.15) is 43.4 Å². The summed E-state index contributed by atoms with van der Waals surface area (Å²) < 4.78 is 1.79. The van der Waals surface area contributed by atoms with Crippen molar-refractivity contribution in [1.29, 1.82) is 0 Å². The number of hydrogen-bond donors (Lipinski definition) is 1. The van der Waals surface area contributed by atoms with Crippen LogP contribution in [0, 0.1) is 0 Å². The Morgan fingerprint density at radius 1 is 1.58 bits per heavy atom. The number of aromatic nitrogens is 3. The van der Waals surface area contributed by atoms with Crippen LogP contribution in [0.3, 0.4) is 0 Å². The molecule has 4 nitrogen and oxygen atoms in total. The van der Waals surface area contributed by atoms with Crippen LogP contribution in [0.5, 0.6) is 0 Å². The zero-order valence-electron chi connectivity index (χ0n) is 7.49. The van der Waals surface area contributed by atoms with E-state index in [-0.39, 0.29) is 6.04 Å². The molecule has 1 aliphatic rings. The first-order valence-electron chi connectivity index (χ1n) is 4.35. The van der Waals surface area contributed by atoms with Gasteiger partial charge in [0.1, 0.15) is 5.82 Å². The Morgan fingerprint density at radius 3 is 2.67 bits per heavy atom. The van der Waals surface area contributed by atoms with Crippen molar-refractivity contribution in [1.82, 2.24) is 14.8 Å². The lowest BCUT2D eigenvalue weighted by Gasteiger charge is -2.01. The lowest BCUT2D eigenvalue weighted by atomic mass is 10.3. The first-order valence-corrected chi connectivity index (χ1v) is 4.35. The van der Waals surface area contributed by atoms with E-state index in [1.165, 1.54) is 12.8 Å². The van der Waals surface area contributed by atoms with E-state index in [1.807, 2.05) is 14.0 Å². The van der Waals surface area contributed by atoms with Crippen LogP contribution in [0.15, 0.2) is 0 Å². The molecule has 4 heteroatoms. The number of rotatable bonds is 2. The monoisotopic (exact) mass is 166 g/mol. The normalized spacial score (nSPS) is 19.6. The van der Waals surface area contributed by atoms with E-state index in [0.717, 1.165) is 11.6 Å². The molecule has 0 radical (unpaired) electrons. The highest BCUT2D eigenvalue weighted by Gasteiger charge is 2.28. The molecule has 12 heavy (non-hydrogen) atoms. The fourth-order valence-electron chi connectivity index (χ4n) is 1.33. The van der Waals surface area contributed by atoms with Crippen LogP contribution in [0.2, 0.25) is 0 Å². The van der Waals surface area contributed by atoms with Crippen molar-refractivity contribution >= 4 is 0 Å². The van der Waals surface area contributed by atoms with Crippen molar-refractivity contribution in [3.05, 3.63) is 11.6 Å². The molecule has 1 aromatic rings. The number of nitrogens with zero attached hydrogens (tertiary/aromatic N) is 3. The topological polar surface area (TPSA) is 56.7 Å². The van der Waals surface area contributed by atoms with Crippen LogP contribution in [-0.4, -0.2) is 14.8 Å². The Balaban J connectivity index is 2.30. The van der Waals surface area contributed by atoms with Crippen LogP contribution in [0.4, 0.5) is 0 Å². The van der Waals surface area contributed by atoms with Gasteiger partial charge in [0.05, 0.1) is 6.04 Å². The van der Waals surface area contributed by atoms with Crippen LogP contribution in [0.25, 0.3) is 0 Å². The van der Waals surface area contributed by atoms with Crippen molar-refractivity contribution in [2.24, 2.45) is 12.8 Å². The van der Waals surface area contributed by atoms with Crippen LogP contribution in [-0.2, 0) is 7.05 Å². The minimum atomic E-state index is -0.0185. The summed E-state index contributed by atoms with van der Waals surface area (Å²) in [5, 5.41) is 4.32. The zero-order chi connectivity index (χ0) is 8.72. The molecule has 0 saturated heterocycles. The van der Waals surface area contributed by atoms with Crippen LogP contribution >= 0.6 is 0 Å². The average Bonchev–Trinajstić information content (AvgIpc) is 2.75. The summed E-state index contributed by atoms with van der Waals surface area (Å²) in [5.41, 5.74) is 5.73. The number of aryl methyl sites for hydroxylation is 1. The minimum absolute atomic E-state index is 0.0185. The van der Waals surface area contributed by atoms with Gasteiger partial charge >= 0.3 is 0 Å². The molecule has 0 spiro atoms. The predicted molar refractivity (Wildman–Crippen MR) is 45.6 cm³/mol. The first-order chi connectivity index (χ1) is 5.68. The molecule has 1 fully saturated rings. The largest absolute Gasteiger partial charge is 0.322 e. The molecule has 0 amide bonds. The van der Waals surface area contributed by atoms with Gasteiger partial charge in [-0.05, 0) is 19.8 Å². The van der Waals surface area contributed by atoms with Gasteiger partial charge in [-0.15, -0.1) is 0 Å². The second-order valence-corrected chi connectivity index (χ2v) is 3.51. The van der Waals surface area contributed by atoms with E-state index < -0.39 is 0 Å². The highest BCUT2D eigenvalue weighted by atomic mass is 15.3. The smallest absolute Gasteiger partial charge is 0.154 e. The number of nitrogens with two attached hydrogens (primary N) is 1. The third-order valence-corrected chi connectivity index (χ3v) is 2.16. The number of hydrogen-bond acceptors (Lipinski definition) is 3. The molecule has 0 aromatic carbocycles.